The number of nitro benzene ring substituents is 1. The number of primary amides is 1. The number of para-hydroxylation sites is 2. The Balaban J connectivity index is 2.01. The van der Waals surface area contributed by atoms with Gasteiger partial charge in [0.05, 0.1) is 10.6 Å². The van der Waals surface area contributed by atoms with Gasteiger partial charge in [0.2, 0.25) is 5.75 Å². The first-order chi connectivity index (χ1) is 13.4. The summed E-state index contributed by atoms with van der Waals surface area (Å²) in [5, 5.41) is 12.3. The fourth-order valence-electron chi connectivity index (χ4n) is 2.57. The number of carbonyl (C=O) groups excluding carboxylic acids is 3. The fourth-order valence-corrected chi connectivity index (χ4v) is 2.57. The number of rotatable bonds is 6. The molecule has 0 aromatic heterocycles. The maximum Gasteiger partial charge on any atom is 0.311 e. The lowest BCUT2D eigenvalue weighted by Gasteiger charge is -2.14. The smallest absolute Gasteiger partial charge is 0.311 e. The van der Waals surface area contributed by atoms with Crippen molar-refractivity contribution in [3.05, 3.63) is 69.8 Å². The molecule has 2 aromatic rings. The number of hydrogen-bond donors (Lipinski definition) is 2. The van der Waals surface area contributed by atoms with Gasteiger partial charge in [-0.05, 0) is 18.2 Å². The number of anilines is 1. The summed E-state index contributed by atoms with van der Waals surface area (Å²) < 4.78 is 5.17. The number of nitrogens with zero attached hydrogens (tertiary/aromatic N) is 2. The summed E-state index contributed by atoms with van der Waals surface area (Å²) in [6.45, 7) is -0.600. The predicted molar refractivity (Wildman–Crippen MR) is 97.8 cm³/mol. The molecule has 10 nitrogen and oxygen atoms in total. The Morgan fingerprint density at radius 3 is 2.54 bits per heavy atom. The molecule has 3 amide bonds. The van der Waals surface area contributed by atoms with Crippen LogP contribution in [0.25, 0.3) is 6.08 Å². The van der Waals surface area contributed by atoms with E-state index in [1.807, 2.05) is 0 Å². The zero-order valence-corrected chi connectivity index (χ0v) is 14.3. The van der Waals surface area contributed by atoms with E-state index in [-0.39, 0.29) is 16.9 Å². The van der Waals surface area contributed by atoms with E-state index in [1.165, 1.54) is 24.3 Å². The van der Waals surface area contributed by atoms with Crippen LogP contribution in [0.3, 0.4) is 0 Å². The maximum atomic E-state index is 12.6. The molecule has 28 heavy (non-hydrogen) atoms. The van der Waals surface area contributed by atoms with Gasteiger partial charge < -0.3 is 10.5 Å². The topological polar surface area (TPSA) is 145 Å². The number of carbonyl (C=O) groups is 3. The molecule has 1 heterocycles. The SMILES string of the molecule is NC(=O)COc1c(/C=C2/C(=O)NN(c3ccccc3)C2=O)cccc1[N+](=O)[O-]. The van der Waals surface area contributed by atoms with Gasteiger partial charge >= 0.3 is 5.69 Å². The van der Waals surface area contributed by atoms with E-state index in [0.29, 0.717) is 5.69 Å². The minimum Gasteiger partial charge on any atom is -0.476 e. The van der Waals surface area contributed by atoms with Crippen LogP contribution in [-0.2, 0) is 14.4 Å². The number of nitrogens with one attached hydrogen (secondary N) is 1. The number of ether oxygens (including phenoxy) is 1. The molecule has 1 aliphatic rings. The number of amides is 3. The summed E-state index contributed by atoms with van der Waals surface area (Å²) in [7, 11) is 0. The van der Waals surface area contributed by atoms with Crippen LogP contribution < -0.4 is 20.9 Å². The highest BCUT2D eigenvalue weighted by molar-refractivity contribution is 6.31. The van der Waals surface area contributed by atoms with Crippen molar-refractivity contribution in [3.8, 4) is 5.75 Å². The van der Waals surface area contributed by atoms with Gasteiger partial charge in [0, 0.05) is 11.6 Å². The van der Waals surface area contributed by atoms with E-state index in [0.717, 1.165) is 5.01 Å². The lowest BCUT2D eigenvalue weighted by molar-refractivity contribution is -0.385. The van der Waals surface area contributed by atoms with Gasteiger partial charge in [0.1, 0.15) is 5.57 Å². The van der Waals surface area contributed by atoms with Crippen LogP contribution in [0.4, 0.5) is 11.4 Å². The van der Waals surface area contributed by atoms with Crippen molar-refractivity contribution in [2.45, 2.75) is 0 Å². The van der Waals surface area contributed by atoms with Gasteiger partial charge in [0.15, 0.2) is 6.61 Å². The van der Waals surface area contributed by atoms with E-state index in [1.54, 1.807) is 30.3 Å². The van der Waals surface area contributed by atoms with Crippen LogP contribution in [0.1, 0.15) is 5.56 Å². The third-order valence-electron chi connectivity index (χ3n) is 3.79. The first kappa shape index (κ1) is 18.6. The van der Waals surface area contributed by atoms with E-state index >= 15 is 0 Å². The standard InChI is InChI=1S/C18H14N4O6/c19-15(23)10-28-16-11(5-4-8-14(16)22(26)27)9-13-17(24)20-21(18(13)25)12-6-2-1-3-7-12/h1-9H,10H2,(H2,19,23)(H,20,24)/b13-9-. The van der Waals surface area contributed by atoms with Crippen molar-refractivity contribution in [1.82, 2.24) is 5.43 Å². The van der Waals surface area contributed by atoms with Crippen molar-refractivity contribution in [1.29, 1.82) is 0 Å². The molecule has 10 heteroatoms. The Morgan fingerprint density at radius 2 is 1.89 bits per heavy atom. The Bertz CT molecular complexity index is 1000. The highest BCUT2D eigenvalue weighted by atomic mass is 16.6. The quantitative estimate of drug-likeness (QED) is 0.329. The third kappa shape index (κ3) is 3.65. The summed E-state index contributed by atoms with van der Waals surface area (Å²) in [6.07, 6.45) is 1.17. The Kier molecular flexibility index (Phi) is 5.03. The first-order valence-corrected chi connectivity index (χ1v) is 7.99. The normalized spacial score (nSPS) is 14.9. The average Bonchev–Trinajstić information content (AvgIpc) is 2.95. The lowest BCUT2D eigenvalue weighted by atomic mass is 10.1. The van der Waals surface area contributed by atoms with Crippen LogP contribution in [0, 0.1) is 10.1 Å². The van der Waals surface area contributed by atoms with E-state index in [2.05, 4.69) is 5.43 Å². The van der Waals surface area contributed by atoms with Crippen LogP contribution in [0.5, 0.6) is 5.75 Å². The molecule has 1 fully saturated rings. The van der Waals surface area contributed by atoms with Crippen LogP contribution >= 0.6 is 0 Å². The molecule has 0 unspecified atom stereocenters. The molecule has 0 radical (unpaired) electrons. The molecule has 3 N–H and O–H groups in total. The van der Waals surface area contributed by atoms with Gasteiger partial charge in [-0.1, -0.05) is 30.3 Å². The van der Waals surface area contributed by atoms with Crippen LogP contribution in [0.2, 0.25) is 0 Å². The Labute approximate surface area is 158 Å². The van der Waals surface area contributed by atoms with Crippen molar-refractivity contribution in [2.24, 2.45) is 5.73 Å². The molecule has 142 valence electrons. The number of hydrogen-bond acceptors (Lipinski definition) is 6. The number of nitro groups is 1. The molecule has 0 bridgehead atoms. The largest absolute Gasteiger partial charge is 0.476 e. The molecular weight excluding hydrogens is 368 g/mol. The lowest BCUT2D eigenvalue weighted by Crippen LogP contribution is -2.35. The zero-order valence-electron chi connectivity index (χ0n) is 14.3. The van der Waals surface area contributed by atoms with E-state index in [9.17, 15) is 24.5 Å². The molecule has 1 saturated heterocycles. The van der Waals surface area contributed by atoms with Crippen molar-refractivity contribution < 1.29 is 24.0 Å². The molecular formula is C18H14N4O6. The summed E-state index contributed by atoms with van der Waals surface area (Å²) in [6, 6.07) is 12.4. The summed E-state index contributed by atoms with van der Waals surface area (Å²) >= 11 is 0. The molecule has 0 saturated carbocycles. The maximum absolute atomic E-state index is 12.6. The van der Waals surface area contributed by atoms with Crippen LogP contribution in [-0.4, -0.2) is 29.3 Å². The fraction of sp³-hybridized carbons (Fsp3) is 0.0556. The second-order valence-corrected chi connectivity index (χ2v) is 5.68. The van der Waals surface area contributed by atoms with Gasteiger partial charge in [0.25, 0.3) is 17.7 Å². The Morgan fingerprint density at radius 1 is 1.18 bits per heavy atom. The third-order valence-corrected chi connectivity index (χ3v) is 3.79. The highest BCUT2D eigenvalue weighted by Crippen LogP contribution is 2.33. The second-order valence-electron chi connectivity index (χ2n) is 5.68. The monoisotopic (exact) mass is 382 g/mol. The number of nitrogens with two attached hydrogens (primary N) is 1. The molecule has 2 aromatic carbocycles. The summed E-state index contributed by atoms with van der Waals surface area (Å²) in [5.41, 5.74) is 7.33. The summed E-state index contributed by atoms with van der Waals surface area (Å²) in [5.74, 6) is -2.41. The zero-order chi connectivity index (χ0) is 20.3. The molecule has 3 rings (SSSR count). The van der Waals surface area contributed by atoms with Crippen molar-refractivity contribution >= 4 is 35.2 Å². The molecule has 1 aliphatic heterocycles. The molecule has 0 atom stereocenters. The second kappa shape index (κ2) is 7.58. The molecule has 0 aliphatic carbocycles. The highest BCUT2D eigenvalue weighted by Gasteiger charge is 2.35. The first-order valence-electron chi connectivity index (χ1n) is 7.99. The van der Waals surface area contributed by atoms with Gasteiger partial charge in [-0.2, -0.15) is 0 Å². The van der Waals surface area contributed by atoms with Crippen molar-refractivity contribution in [3.63, 3.8) is 0 Å². The van der Waals surface area contributed by atoms with E-state index < -0.39 is 34.9 Å². The molecule has 0 spiro atoms. The van der Waals surface area contributed by atoms with Gasteiger partial charge in [-0.15, -0.1) is 0 Å². The average molecular weight is 382 g/mol. The van der Waals surface area contributed by atoms with Gasteiger partial charge in [-0.25, -0.2) is 5.01 Å². The minimum atomic E-state index is -0.832. The van der Waals surface area contributed by atoms with Crippen LogP contribution in [0.15, 0.2) is 54.1 Å². The van der Waals surface area contributed by atoms with E-state index in [4.69, 9.17) is 10.5 Å². The van der Waals surface area contributed by atoms with Gasteiger partial charge in [-0.3, -0.25) is 29.9 Å². The minimum absolute atomic E-state index is 0.0869. The number of benzene rings is 2. The van der Waals surface area contributed by atoms with Crippen molar-refractivity contribution in [2.75, 3.05) is 11.6 Å². The predicted octanol–water partition coefficient (Wildman–Crippen LogP) is 0.920. The number of hydrazine groups is 1. The Hall–Kier alpha value is -4.21. The summed E-state index contributed by atoms with van der Waals surface area (Å²) in [4.78, 5) is 46.5.